The molecule has 8 nitrogen and oxygen atoms in total. The molecule has 25 heavy (non-hydrogen) atoms. The van der Waals surface area contributed by atoms with Crippen LogP contribution in [0, 0.1) is 0 Å². The Morgan fingerprint density at radius 1 is 0.800 bits per heavy atom. The van der Waals surface area contributed by atoms with Crippen LogP contribution >= 0.6 is 10.6 Å². The Kier molecular flexibility index (Phi) is 5.21. The molecule has 8 N–H and O–H groups in total. The van der Waals surface area contributed by atoms with Gasteiger partial charge in [-0.25, -0.2) is 0 Å². The van der Waals surface area contributed by atoms with E-state index in [0.29, 0.717) is 0 Å². The van der Waals surface area contributed by atoms with E-state index in [1.54, 1.807) is 0 Å². The predicted molar refractivity (Wildman–Crippen MR) is 96.3 cm³/mol. The largest absolute Gasteiger partial charge is 0.506 e. The molecule has 0 aliphatic heterocycles. The first kappa shape index (κ1) is 18.6. The minimum absolute atomic E-state index is 0.0158. The number of anilines is 2. The summed E-state index contributed by atoms with van der Waals surface area (Å²) < 4.78 is 20.1. The molecule has 2 rings (SSSR count). The molecule has 0 unspecified atom stereocenters. The van der Waals surface area contributed by atoms with Gasteiger partial charge in [0.2, 0.25) is 0 Å². The second-order valence-electron chi connectivity index (χ2n) is 5.48. The summed E-state index contributed by atoms with van der Waals surface area (Å²) in [5.41, 5.74) is 11.2. The summed E-state index contributed by atoms with van der Waals surface area (Å²) in [4.78, 5) is 24.3. The van der Waals surface area contributed by atoms with E-state index >= 15 is 0 Å². The minimum atomic E-state index is -3.53. The van der Waals surface area contributed by atoms with E-state index in [9.17, 15) is 28.9 Å². The van der Waals surface area contributed by atoms with Crippen molar-refractivity contribution >= 4 is 33.5 Å². The lowest BCUT2D eigenvalue weighted by Gasteiger charge is -2.30. The van der Waals surface area contributed by atoms with Gasteiger partial charge in [-0.3, -0.25) is 18.7 Å². The van der Waals surface area contributed by atoms with Crippen LogP contribution in [0.15, 0.2) is 36.4 Å². The van der Waals surface area contributed by atoms with Gasteiger partial charge in [-0.05, 0) is 36.4 Å². The van der Waals surface area contributed by atoms with Crippen LogP contribution in [0.2, 0.25) is 0 Å². The van der Waals surface area contributed by atoms with E-state index in [-0.39, 0.29) is 34.0 Å². The van der Waals surface area contributed by atoms with Crippen LogP contribution in [0.5, 0.6) is 11.5 Å². The summed E-state index contributed by atoms with van der Waals surface area (Å²) in [6, 6.07) is 7.47. The Labute approximate surface area is 145 Å². The summed E-state index contributed by atoms with van der Waals surface area (Å²) in [6.07, 6.45) is 0. The first-order valence-electron chi connectivity index (χ1n) is 7.06. The van der Waals surface area contributed by atoms with Gasteiger partial charge in [0, 0.05) is 11.1 Å². The molecule has 0 heterocycles. The Bertz CT molecular complexity index is 770. The van der Waals surface area contributed by atoms with Gasteiger partial charge in [0.05, 0.1) is 11.4 Å². The number of carbonyl (C=O) groups excluding carboxylic acids is 2. The summed E-state index contributed by atoms with van der Waals surface area (Å²) in [7, 11) is -3.53. The van der Waals surface area contributed by atoms with Crippen molar-refractivity contribution in [2.45, 2.75) is 0 Å². The highest BCUT2D eigenvalue weighted by Crippen LogP contribution is 2.40. The van der Waals surface area contributed by atoms with Gasteiger partial charge in [0.15, 0.2) is 11.6 Å². The van der Waals surface area contributed by atoms with Gasteiger partial charge < -0.3 is 21.7 Å². The molecule has 0 amide bonds. The third-order valence-corrected chi connectivity index (χ3v) is 4.87. The second-order valence-corrected chi connectivity index (χ2v) is 7.67. The highest BCUT2D eigenvalue weighted by atomic mass is 32.3. The van der Waals surface area contributed by atoms with Crippen molar-refractivity contribution in [3.63, 3.8) is 0 Å². The van der Waals surface area contributed by atoms with Crippen LogP contribution in [0.25, 0.3) is 0 Å². The van der Waals surface area contributed by atoms with Gasteiger partial charge in [-0.15, -0.1) is 0 Å². The average molecular weight is 366 g/mol. The number of carbonyl (C=O) groups is 2. The van der Waals surface area contributed by atoms with Crippen LogP contribution in [0.3, 0.4) is 0 Å². The second kappa shape index (κ2) is 7.01. The number of nitrogen functional groups attached to an aromatic ring is 2. The monoisotopic (exact) mass is 366 g/mol. The van der Waals surface area contributed by atoms with Gasteiger partial charge >= 0.3 is 0 Å². The van der Waals surface area contributed by atoms with Crippen LogP contribution in [-0.4, -0.2) is 42.4 Å². The number of rotatable bonds is 6. The van der Waals surface area contributed by atoms with Crippen LogP contribution in [0.1, 0.15) is 20.7 Å². The molecule has 0 aromatic heterocycles. The first-order chi connectivity index (χ1) is 11.6. The maximum atomic E-state index is 12.1. The molecule has 0 radical (unpaired) electrons. The number of phenolic OH excluding ortho intramolecular Hbond substituents is 2. The standard InChI is InChI=1S/C16H18N2O6S/c17-11-5-9(1-3-13(11)19)15(21)7-25(23,24)8-16(22)10-2-4-14(20)12(18)6-10/h1-6,19-20,23-24H,7-8,17-18H2. The number of benzene rings is 2. The molecule has 0 aliphatic rings. The van der Waals surface area contributed by atoms with Crippen molar-refractivity contribution in [2.75, 3.05) is 23.0 Å². The zero-order chi connectivity index (χ0) is 18.8. The molecule has 0 aliphatic carbocycles. The quantitative estimate of drug-likeness (QED) is 0.256. The first-order valence-corrected chi connectivity index (χ1v) is 8.94. The van der Waals surface area contributed by atoms with Crippen molar-refractivity contribution < 1.29 is 28.9 Å². The number of ketones is 2. The van der Waals surface area contributed by atoms with E-state index in [1.807, 2.05) is 0 Å². The van der Waals surface area contributed by atoms with E-state index < -0.39 is 33.7 Å². The molecule has 2 aromatic rings. The Morgan fingerprint density at radius 2 is 1.16 bits per heavy atom. The molecule has 0 atom stereocenters. The summed E-state index contributed by atoms with van der Waals surface area (Å²) in [6.45, 7) is 0. The SMILES string of the molecule is Nc1cc(C(=O)CS(O)(O)CC(=O)c2ccc(O)c(N)c2)ccc1O. The molecule has 134 valence electrons. The van der Waals surface area contributed by atoms with Crippen LogP contribution in [0.4, 0.5) is 11.4 Å². The molecule has 0 saturated carbocycles. The van der Waals surface area contributed by atoms with Gasteiger partial charge in [-0.1, -0.05) is 0 Å². The Hall–Kier alpha value is -2.75. The third kappa shape index (κ3) is 4.63. The van der Waals surface area contributed by atoms with E-state index in [0.717, 1.165) is 0 Å². The van der Waals surface area contributed by atoms with E-state index in [4.69, 9.17) is 11.5 Å². The summed E-state index contributed by atoms with van der Waals surface area (Å²) >= 11 is 0. The molecular formula is C16H18N2O6S. The van der Waals surface area contributed by atoms with Crippen molar-refractivity contribution in [3.05, 3.63) is 47.5 Å². The number of hydrogen-bond acceptors (Lipinski definition) is 8. The van der Waals surface area contributed by atoms with Crippen LogP contribution in [-0.2, 0) is 0 Å². The van der Waals surface area contributed by atoms with Crippen LogP contribution < -0.4 is 11.5 Å². The zero-order valence-electron chi connectivity index (χ0n) is 13.0. The van der Waals surface area contributed by atoms with E-state index in [1.165, 1.54) is 36.4 Å². The van der Waals surface area contributed by atoms with Gasteiger partial charge in [0.25, 0.3) is 0 Å². The van der Waals surface area contributed by atoms with Crippen molar-refractivity contribution in [1.82, 2.24) is 0 Å². The maximum absolute atomic E-state index is 12.1. The third-order valence-electron chi connectivity index (χ3n) is 3.42. The topological polar surface area (TPSA) is 167 Å². The van der Waals surface area contributed by atoms with Gasteiger partial charge in [-0.2, -0.15) is 10.6 Å². The predicted octanol–water partition coefficient (Wildman–Crippen LogP) is 2.08. The van der Waals surface area contributed by atoms with Gasteiger partial charge in [0.1, 0.15) is 23.0 Å². The van der Waals surface area contributed by atoms with Crippen molar-refractivity contribution in [3.8, 4) is 11.5 Å². The lowest BCUT2D eigenvalue weighted by atomic mass is 10.1. The fourth-order valence-electron chi connectivity index (χ4n) is 2.09. The lowest BCUT2D eigenvalue weighted by molar-refractivity contribution is 0.101. The number of nitrogens with two attached hydrogens (primary N) is 2. The number of hydrogen-bond donors (Lipinski definition) is 6. The molecule has 9 heteroatoms. The Morgan fingerprint density at radius 3 is 1.48 bits per heavy atom. The summed E-state index contributed by atoms with van der Waals surface area (Å²) in [5.74, 6) is -2.94. The highest BCUT2D eigenvalue weighted by Gasteiger charge is 2.23. The lowest BCUT2D eigenvalue weighted by Crippen LogP contribution is -2.21. The Balaban J connectivity index is 2.09. The van der Waals surface area contributed by atoms with E-state index in [2.05, 4.69) is 0 Å². The summed E-state index contributed by atoms with van der Waals surface area (Å²) in [5, 5.41) is 18.7. The zero-order valence-corrected chi connectivity index (χ0v) is 13.9. The van der Waals surface area contributed by atoms with Crippen molar-refractivity contribution in [2.24, 2.45) is 0 Å². The number of aromatic hydroxyl groups is 2. The number of Topliss-reactive ketones (excluding diaryl/α,β-unsaturated/α-hetero) is 2. The normalized spacial score (nSPS) is 11.9. The molecular weight excluding hydrogens is 348 g/mol. The molecule has 0 bridgehead atoms. The highest BCUT2D eigenvalue weighted by molar-refractivity contribution is 8.25. The maximum Gasteiger partial charge on any atom is 0.181 e. The fourth-order valence-corrected chi connectivity index (χ4v) is 3.37. The fraction of sp³-hybridized carbons (Fsp3) is 0.125. The smallest absolute Gasteiger partial charge is 0.181 e. The van der Waals surface area contributed by atoms with Crippen molar-refractivity contribution in [1.29, 1.82) is 0 Å². The molecule has 0 fully saturated rings. The molecule has 0 spiro atoms. The minimum Gasteiger partial charge on any atom is -0.506 e. The molecule has 0 saturated heterocycles. The molecule has 2 aromatic carbocycles. The average Bonchev–Trinajstić information content (AvgIpc) is 2.51. The number of phenols is 2.